The van der Waals surface area contributed by atoms with Gasteiger partial charge in [-0.05, 0) is 19.3 Å². The molecule has 0 spiro atoms. The summed E-state index contributed by atoms with van der Waals surface area (Å²) in [6.45, 7) is 9.24. The molecule has 1 aliphatic heterocycles. The van der Waals surface area contributed by atoms with Gasteiger partial charge < -0.3 is 9.88 Å². The number of nitrogens with zero attached hydrogens (tertiary/aromatic N) is 3. The highest BCUT2D eigenvalue weighted by molar-refractivity contribution is 4.85. The Kier molecular flexibility index (Phi) is 5.86. The standard InChI is InChI=1S/C15H28N4/c1-3-6-14-12-19(15(4-2)11-17-14)9-5-8-18-10-7-16-13-18/h7,10,13-15,17H,3-6,8-9,11-12H2,1-2H3. The summed E-state index contributed by atoms with van der Waals surface area (Å²) in [6.07, 6.45) is 10.9. The van der Waals surface area contributed by atoms with Crippen LogP contribution in [0.3, 0.4) is 0 Å². The number of rotatable bonds is 7. The Labute approximate surface area is 117 Å². The molecule has 1 N–H and O–H groups in total. The second-order valence-electron chi connectivity index (χ2n) is 5.60. The monoisotopic (exact) mass is 264 g/mol. The van der Waals surface area contributed by atoms with Crippen LogP contribution in [-0.2, 0) is 6.54 Å². The topological polar surface area (TPSA) is 33.1 Å². The van der Waals surface area contributed by atoms with Gasteiger partial charge in [-0.3, -0.25) is 4.90 Å². The molecule has 0 radical (unpaired) electrons. The molecule has 2 atom stereocenters. The van der Waals surface area contributed by atoms with E-state index in [4.69, 9.17) is 0 Å². The second-order valence-corrected chi connectivity index (χ2v) is 5.60. The first-order valence-corrected chi connectivity index (χ1v) is 7.76. The van der Waals surface area contributed by atoms with Crippen LogP contribution in [0.2, 0.25) is 0 Å². The van der Waals surface area contributed by atoms with Gasteiger partial charge in [-0.15, -0.1) is 0 Å². The summed E-state index contributed by atoms with van der Waals surface area (Å²) < 4.78 is 2.17. The summed E-state index contributed by atoms with van der Waals surface area (Å²) in [5.41, 5.74) is 0. The summed E-state index contributed by atoms with van der Waals surface area (Å²) in [5, 5.41) is 3.70. The zero-order valence-corrected chi connectivity index (χ0v) is 12.4. The van der Waals surface area contributed by atoms with E-state index in [9.17, 15) is 0 Å². The van der Waals surface area contributed by atoms with E-state index in [2.05, 4.69) is 39.8 Å². The van der Waals surface area contributed by atoms with E-state index < -0.39 is 0 Å². The maximum Gasteiger partial charge on any atom is 0.0945 e. The van der Waals surface area contributed by atoms with Crippen LogP contribution in [0.4, 0.5) is 0 Å². The van der Waals surface area contributed by atoms with Crippen molar-refractivity contribution in [1.29, 1.82) is 0 Å². The maximum atomic E-state index is 4.09. The molecule has 2 unspecified atom stereocenters. The van der Waals surface area contributed by atoms with Crippen molar-refractivity contribution in [3.63, 3.8) is 0 Å². The van der Waals surface area contributed by atoms with Gasteiger partial charge in [-0.25, -0.2) is 4.98 Å². The molecule has 2 heterocycles. The Balaban J connectivity index is 1.77. The Morgan fingerprint density at radius 2 is 2.21 bits per heavy atom. The van der Waals surface area contributed by atoms with Crippen LogP contribution in [0.25, 0.3) is 0 Å². The largest absolute Gasteiger partial charge is 0.337 e. The average Bonchev–Trinajstić information content (AvgIpc) is 2.93. The molecule has 1 aromatic rings. The van der Waals surface area contributed by atoms with Crippen molar-refractivity contribution in [1.82, 2.24) is 19.8 Å². The predicted octanol–water partition coefficient (Wildman–Crippen LogP) is 2.13. The molecule has 1 fully saturated rings. The number of aryl methyl sites for hydroxylation is 1. The highest BCUT2D eigenvalue weighted by atomic mass is 15.2. The van der Waals surface area contributed by atoms with Crippen LogP contribution < -0.4 is 5.32 Å². The molecule has 0 bridgehead atoms. The van der Waals surface area contributed by atoms with Gasteiger partial charge in [0, 0.05) is 50.7 Å². The molecule has 0 aromatic carbocycles. The lowest BCUT2D eigenvalue weighted by Gasteiger charge is -2.40. The number of piperazine rings is 1. The summed E-state index contributed by atoms with van der Waals surface area (Å²) >= 11 is 0. The van der Waals surface area contributed by atoms with E-state index in [1.165, 1.54) is 38.8 Å². The van der Waals surface area contributed by atoms with Crippen molar-refractivity contribution < 1.29 is 0 Å². The van der Waals surface area contributed by atoms with Gasteiger partial charge in [0.05, 0.1) is 6.33 Å². The minimum atomic E-state index is 0.695. The van der Waals surface area contributed by atoms with Crippen LogP contribution in [-0.4, -0.2) is 46.2 Å². The first kappa shape index (κ1) is 14.5. The lowest BCUT2D eigenvalue weighted by Crippen LogP contribution is -2.56. The van der Waals surface area contributed by atoms with Gasteiger partial charge >= 0.3 is 0 Å². The summed E-state index contributed by atoms with van der Waals surface area (Å²) in [6, 6.07) is 1.41. The number of hydrogen-bond acceptors (Lipinski definition) is 3. The number of imidazole rings is 1. The molecule has 0 saturated carbocycles. The lowest BCUT2D eigenvalue weighted by atomic mass is 10.0. The fourth-order valence-corrected chi connectivity index (χ4v) is 3.02. The molecule has 2 rings (SSSR count). The van der Waals surface area contributed by atoms with Crippen LogP contribution in [0.15, 0.2) is 18.7 Å². The zero-order chi connectivity index (χ0) is 13.5. The van der Waals surface area contributed by atoms with Crippen LogP contribution in [0.1, 0.15) is 39.5 Å². The maximum absolute atomic E-state index is 4.09. The van der Waals surface area contributed by atoms with Crippen LogP contribution >= 0.6 is 0 Å². The fourth-order valence-electron chi connectivity index (χ4n) is 3.02. The normalized spacial score (nSPS) is 24.7. The van der Waals surface area contributed by atoms with E-state index in [0.29, 0.717) is 6.04 Å². The summed E-state index contributed by atoms with van der Waals surface area (Å²) in [4.78, 5) is 6.78. The van der Waals surface area contributed by atoms with Crippen LogP contribution in [0.5, 0.6) is 0 Å². The zero-order valence-electron chi connectivity index (χ0n) is 12.4. The highest BCUT2D eigenvalue weighted by Gasteiger charge is 2.25. The van der Waals surface area contributed by atoms with E-state index >= 15 is 0 Å². The minimum absolute atomic E-state index is 0.695. The minimum Gasteiger partial charge on any atom is -0.337 e. The molecule has 0 aliphatic carbocycles. The third kappa shape index (κ3) is 4.32. The second kappa shape index (κ2) is 7.65. The molecule has 1 aliphatic rings. The van der Waals surface area contributed by atoms with E-state index in [-0.39, 0.29) is 0 Å². The predicted molar refractivity (Wildman–Crippen MR) is 79.2 cm³/mol. The molecule has 0 amide bonds. The first-order chi connectivity index (χ1) is 9.33. The molecular formula is C15H28N4. The Bertz CT molecular complexity index is 336. The number of aromatic nitrogens is 2. The van der Waals surface area contributed by atoms with E-state index in [1.54, 1.807) is 0 Å². The molecule has 1 saturated heterocycles. The Morgan fingerprint density at radius 1 is 1.32 bits per heavy atom. The van der Waals surface area contributed by atoms with Crippen molar-refractivity contribution in [2.24, 2.45) is 0 Å². The van der Waals surface area contributed by atoms with Gasteiger partial charge in [0.1, 0.15) is 0 Å². The van der Waals surface area contributed by atoms with Gasteiger partial charge in [0.2, 0.25) is 0 Å². The molecular weight excluding hydrogens is 236 g/mol. The molecule has 108 valence electrons. The van der Waals surface area contributed by atoms with Gasteiger partial charge in [0.15, 0.2) is 0 Å². The average molecular weight is 264 g/mol. The lowest BCUT2D eigenvalue weighted by molar-refractivity contribution is 0.120. The molecule has 4 heteroatoms. The van der Waals surface area contributed by atoms with E-state index in [1.807, 2.05) is 12.5 Å². The van der Waals surface area contributed by atoms with Crippen molar-refractivity contribution >= 4 is 0 Å². The quantitative estimate of drug-likeness (QED) is 0.819. The van der Waals surface area contributed by atoms with Gasteiger partial charge in [-0.1, -0.05) is 20.3 Å². The Morgan fingerprint density at radius 3 is 2.89 bits per heavy atom. The molecule has 1 aromatic heterocycles. The van der Waals surface area contributed by atoms with Crippen molar-refractivity contribution in [2.75, 3.05) is 19.6 Å². The highest BCUT2D eigenvalue weighted by Crippen LogP contribution is 2.13. The smallest absolute Gasteiger partial charge is 0.0945 e. The third-order valence-corrected chi connectivity index (χ3v) is 4.14. The van der Waals surface area contributed by atoms with E-state index in [0.717, 1.165) is 19.1 Å². The third-order valence-electron chi connectivity index (χ3n) is 4.14. The fraction of sp³-hybridized carbons (Fsp3) is 0.800. The molecule has 19 heavy (non-hydrogen) atoms. The molecule has 4 nitrogen and oxygen atoms in total. The van der Waals surface area contributed by atoms with Crippen molar-refractivity contribution in [3.05, 3.63) is 18.7 Å². The van der Waals surface area contributed by atoms with Crippen LogP contribution in [0, 0.1) is 0 Å². The van der Waals surface area contributed by atoms with Crippen molar-refractivity contribution in [2.45, 2.75) is 58.2 Å². The SMILES string of the molecule is CCCC1CN(CCCn2ccnc2)C(CC)CN1. The van der Waals surface area contributed by atoms with Gasteiger partial charge in [-0.2, -0.15) is 0 Å². The Hall–Kier alpha value is -0.870. The first-order valence-electron chi connectivity index (χ1n) is 7.76. The summed E-state index contributed by atoms with van der Waals surface area (Å²) in [5.74, 6) is 0. The van der Waals surface area contributed by atoms with Crippen molar-refractivity contribution in [3.8, 4) is 0 Å². The van der Waals surface area contributed by atoms with Gasteiger partial charge in [0.25, 0.3) is 0 Å². The summed E-state index contributed by atoms with van der Waals surface area (Å²) in [7, 11) is 0. The number of nitrogens with one attached hydrogen (secondary N) is 1. The number of hydrogen-bond donors (Lipinski definition) is 1.